The standard InChI is InChI=1S/C25H36BN5O4.H2S/c1-17-13-30(20-15-33-16-20)9-10-31(17)19-7-8-22(27-12-19)28-21-11-18(14-29(6)23(21)32)26-34-24(2,3)25(4,5)35-26;/h7-8,11-12,14,17,20H,9-10,13,15-16H2,1-6H3,(H,27,28);1H2/t17-;/m0./s1. The van der Waals surface area contributed by atoms with Gasteiger partial charge in [0.15, 0.2) is 0 Å². The van der Waals surface area contributed by atoms with Crippen LogP contribution >= 0.6 is 13.5 Å². The summed E-state index contributed by atoms with van der Waals surface area (Å²) in [7, 11) is 1.18. The summed E-state index contributed by atoms with van der Waals surface area (Å²) in [5, 5.41) is 3.20. The van der Waals surface area contributed by atoms with Crippen LogP contribution in [-0.4, -0.2) is 77.7 Å². The molecule has 36 heavy (non-hydrogen) atoms. The molecule has 3 saturated heterocycles. The van der Waals surface area contributed by atoms with Gasteiger partial charge >= 0.3 is 7.12 Å². The first-order valence-corrected chi connectivity index (χ1v) is 12.4. The molecule has 196 valence electrons. The van der Waals surface area contributed by atoms with Crippen LogP contribution in [0.15, 0.2) is 35.4 Å². The largest absolute Gasteiger partial charge is 0.496 e. The quantitative estimate of drug-likeness (QED) is 0.605. The SMILES string of the molecule is C[C@H]1CN(C2COC2)CCN1c1ccc(Nc2cc(B3OC(C)(C)C(C)(C)O3)cn(C)c2=O)nc1.S. The highest BCUT2D eigenvalue weighted by Gasteiger charge is 2.52. The van der Waals surface area contributed by atoms with Gasteiger partial charge in [-0.3, -0.25) is 9.69 Å². The van der Waals surface area contributed by atoms with Gasteiger partial charge in [-0.25, -0.2) is 4.98 Å². The van der Waals surface area contributed by atoms with Crippen molar-refractivity contribution in [2.45, 2.75) is 57.9 Å². The second kappa shape index (κ2) is 10.0. The number of rotatable bonds is 5. The van der Waals surface area contributed by atoms with Crippen LogP contribution in [0.3, 0.4) is 0 Å². The number of nitrogens with one attached hydrogen (secondary N) is 1. The molecular weight excluding hydrogens is 477 g/mol. The molecule has 5 rings (SSSR count). The minimum absolute atomic E-state index is 0. The molecule has 2 aromatic heterocycles. The minimum Gasteiger partial charge on any atom is -0.399 e. The van der Waals surface area contributed by atoms with Gasteiger partial charge < -0.3 is 28.8 Å². The van der Waals surface area contributed by atoms with E-state index in [1.54, 1.807) is 23.9 Å². The fraction of sp³-hybridized carbons (Fsp3) is 0.600. The second-order valence-corrected chi connectivity index (χ2v) is 10.9. The van der Waals surface area contributed by atoms with Gasteiger partial charge in [0.05, 0.1) is 42.3 Å². The molecule has 0 radical (unpaired) electrons. The minimum atomic E-state index is -0.547. The summed E-state index contributed by atoms with van der Waals surface area (Å²) in [6.07, 6.45) is 3.65. The summed E-state index contributed by atoms with van der Waals surface area (Å²) < 4.78 is 19.3. The average molecular weight is 515 g/mol. The summed E-state index contributed by atoms with van der Waals surface area (Å²) in [5.74, 6) is 0.620. The molecule has 0 amide bonds. The number of ether oxygens (including phenoxy) is 1. The lowest BCUT2D eigenvalue weighted by Crippen LogP contribution is -2.59. The van der Waals surface area contributed by atoms with Crippen LogP contribution < -0.4 is 21.2 Å². The Morgan fingerprint density at radius 3 is 2.36 bits per heavy atom. The molecule has 1 atom stereocenters. The van der Waals surface area contributed by atoms with Gasteiger partial charge in [-0.1, -0.05) is 0 Å². The van der Waals surface area contributed by atoms with Gasteiger partial charge in [-0.15, -0.1) is 0 Å². The van der Waals surface area contributed by atoms with E-state index >= 15 is 0 Å². The van der Waals surface area contributed by atoms with Crippen LogP contribution in [0.4, 0.5) is 17.2 Å². The Morgan fingerprint density at radius 1 is 1.11 bits per heavy atom. The first-order valence-electron chi connectivity index (χ1n) is 12.4. The molecule has 3 aliphatic rings. The Kier molecular flexibility index (Phi) is 7.51. The van der Waals surface area contributed by atoms with Crippen LogP contribution in [0.1, 0.15) is 34.6 Å². The van der Waals surface area contributed by atoms with E-state index < -0.39 is 18.3 Å². The fourth-order valence-electron chi connectivity index (χ4n) is 4.84. The predicted molar refractivity (Wildman–Crippen MR) is 148 cm³/mol. The third kappa shape index (κ3) is 5.04. The molecule has 11 heteroatoms. The lowest BCUT2D eigenvalue weighted by molar-refractivity contribution is -0.0691. The van der Waals surface area contributed by atoms with Crippen molar-refractivity contribution in [3.05, 3.63) is 40.9 Å². The number of aryl methyl sites for hydroxylation is 1. The number of aromatic nitrogens is 2. The maximum absolute atomic E-state index is 12.8. The molecule has 0 unspecified atom stereocenters. The van der Waals surface area contributed by atoms with Crippen molar-refractivity contribution in [2.24, 2.45) is 7.05 Å². The molecule has 0 spiro atoms. The van der Waals surface area contributed by atoms with E-state index in [1.807, 2.05) is 40.0 Å². The Morgan fingerprint density at radius 2 is 1.81 bits per heavy atom. The number of anilines is 3. The van der Waals surface area contributed by atoms with Crippen molar-refractivity contribution in [3.8, 4) is 0 Å². The Labute approximate surface area is 220 Å². The summed E-state index contributed by atoms with van der Waals surface area (Å²) in [6, 6.07) is 6.76. The highest BCUT2D eigenvalue weighted by atomic mass is 32.1. The Hall–Kier alpha value is -2.05. The summed E-state index contributed by atoms with van der Waals surface area (Å²) in [5.41, 5.74) is 1.27. The number of nitrogens with zero attached hydrogens (tertiary/aromatic N) is 4. The van der Waals surface area contributed by atoms with E-state index in [9.17, 15) is 4.79 Å². The summed E-state index contributed by atoms with van der Waals surface area (Å²) >= 11 is 0. The van der Waals surface area contributed by atoms with Crippen LogP contribution in [0.25, 0.3) is 0 Å². The number of hydrogen-bond acceptors (Lipinski definition) is 8. The lowest BCUT2D eigenvalue weighted by atomic mass is 9.80. The van der Waals surface area contributed by atoms with Crippen molar-refractivity contribution in [2.75, 3.05) is 43.1 Å². The van der Waals surface area contributed by atoms with Crippen molar-refractivity contribution >= 4 is 43.3 Å². The zero-order chi connectivity index (χ0) is 25.0. The van der Waals surface area contributed by atoms with E-state index in [-0.39, 0.29) is 19.1 Å². The van der Waals surface area contributed by atoms with E-state index in [0.717, 1.165) is 44.0 Å². The maximum Gasteiger partial charge on any atom is 0.496 e. The van der Waals surface area contributed by atoms with Gasteiger partial charge in [0.2, 0.25) is 0 Å². The fourth-order valence-corrected chi connectivity index (χ4v) is 4.84. The van der Waals surface area contributed by atoms with Gasteiger partial charge in [-0.2, -0.15) is 13.5 Å². The van der Waals surface area contributed by atoms with Crippen LogP contribution in [-0.2, 0) is 21.1 Å². The number of piperazine rings is 1. The number of pyridine rings is 2. The summed E-state index contributed by atoms with van der Waals surface area (Å²) in [6.45, 7) is 15.0. The molecule has 9 nitrogen and oxygen atoms in total. The molecular formula is C25H38BN5O4S. The molecule has 3 fully saturated rings. The smallest absolute Gasteiger partial charge is 0.399 e. The normalized spacial score (nSPS) is 23.8. The van der Waals surface area contributed by atoms with Crippen LogP contribution in [0.2, 0.25) is 0 Å². The van der Waals surface area contributed by atoms with E-state index in [4.69, 9.17) is 14.0 Å². The predicted octanol–water partition coefficient (Wildman–Crippen LogP) is 1.85. The Bertz CT molecular complexity index is 1120. The third-order valence-electron chi connectivity index (χ3n) is 7.87. The zero-order valence-corrected chi connectivity index (χ0v) is 23.1. The van der Waals surface area contributed by atoms with Gasteiger partial charge in [0, 0.05) is 44.4 Å². The van der Waals surface area contributed by atoms with Crippen LogP contribution in [0, 0.1) is 0 Å². The first-order chi connectivity index (χ1) is 16.5. The van der Waals surface area contributed by atoms with E-state index in [0.29, 0.717) is 23.6 Å². The number of hydrogen-bond donors (Lipinski definition) is 1. The average Bonchev–Trinajstić information content (AvgIpc) is 2.98. The highest BCUT2D eigenvalue weighted by Crippen LogP contribution is 2.36. The maximum atomic E-state index is 12.8. The van der Waals surface area contributed by atoms with E-state index in [2.05, 4.69) is 33.1 Å². The van der Waals surface area contributed by atoms with Gasteiger partial charge in [0.25, 0.3) is 5.56 Å². The monoisotopic (exact) mass is 515 g/mol. The molecule has 0 bridgehead atoms. The molecule has 0 aliphatic carbocycles. The molecule has 3 aliphatic heterocycles. The first kappa shape index (κ1) is 27.0. The topological polar surface area (TPSA) is 81.1 Å². The Balaban J connectivity index is 0.00000304. The molecule has 0 aromatic carbocycles. The van der Waals surface area contributed by atoms with Crippen molar-refractivity contribution < 1.29 is 14.0 Å². The van der Waals surface area contributed by atoms with Crippen molar-refractivity contribution in [1.82, 2.24) is 14.5 Å². The van der Waals surface area contributed by atoms with Crippen molar-refractivity contribution in [3.63, 3.8) is 0 Å². The van der Waals surface area contributed by atoms with Crippen LogP contribution in [0.5, 0.6) is 0 Å². The molecule has 2 aromatic rings. The lowest BCUT2D eigenvalue weighted by Gasteiger charge is -2.46. The second-order valence-electron chi connectivity index (χ2n) is 10.9. The highest BCUT2D eigenvalue weighted by molar-refractivity contribution is 7.59. The van der Waals surface area contributed by atoms with Gasteiger partial charge in [-0.05, 0) is 52.8 Å². The van der Waals surface area contributed by atoms with E-state index in [1.165, 1.54) is 0 Å². The molecule has 1 N–H and O–H groups in total. The third-order valence-corrected chi connectivity index (χ3v) is 7.87. The zero-order valence-electron chi connectivity index (χ0n) is 22.1. The summed E-state index contributed by atoms with van der Waals surface area (Å²) in [4.78, 5) is 22.4. The molecule has 5 heterocycles. The van der Waals surface area contributed by atoms with Crippen molar-refractivity contribution in [1.29, 1.82) is 0 Å². The molecule has 0 saturated carbocycles. The van der Waals surface area contributed by atoms with Gasteiger partial charge in [0.1, 0.15) is 11.5 Å².